The summed E-state index contributed by atoms with van der Waals surface area (Å²) in [5.41, 5.74) is 0. The smallest absolute Gasteiger partial charge is 0.251 e. The number of piperidine rings is 1. The van der Waals surface area contributed by atoms with E-state index in [1.807, 2.05) is 6.92 Å². The molecule has 2 rings (SSSR count). The first-order chi connectivity index (χ1) is 7.18. The van der Waals surface area contributed by atoms with Gasteiger partial charge in [-0.2, -0.15) is 0 Å². The second-order valence-electron chi connectivity index (χ2n) is 4.62. The Morgan fingerprint density at radius 3 is 2.87 bits per heavy atom. The van der Waals surface area contributed by atoms with Crippen LogP contribution in [0.5, 0.6) is 0 Å². The molecular formula is C11H19NO3. The minimum Gasteiger partial charge on any atom is -0.391 e. The van der Waals surface area contributed by atoms with Crippen LogP contribution in [0.4, 0.5) is 0 Å². The number of carbonyl (C=O) groups excluding carboxylic acids is 1. The summed E-state index contributed by atoms with van der Waals surface area (Å²) in [5.74, 6) is 0.372. The van der Waals surface area contributed by atoms with Gasteiger partial charge in [-0.25, -0.2) is 0 Å². The zero-order chi connectivity index (χ0) is 10.8. The molecule has 1 amide bonds. The van der Waals surface area contributed by atoms with Crippen molar-refractivity contribution in [2.24, 2.45) is 5.92 Å². The third-order valence-corrected chi connectivity index (χ3v) is 3.44. The van der Waals surface area contributed by atoms with Crippen molar-refractivity contribution in [3.05, 3.63) is 0 Å². The zero-order valence-corrected chi connectivity index (χ0v) is 9.19. The fourth-order valence-corrected chi connectivity index (χ4v) is 2.23. The van der Waals surface area contributed by atoms with Crippen molar-refractivity contribution >= 4 is 5.91 Å². The van der Waals surface area contributed by atoms with E-state index in [0.717, 1.165) is 25.8 Å². The van der Waals surface area contributed by atoms with Crippen molar-refractivity contribution in [2.75, 3.05) is 19.7 Å². The molecule has 0 aliphatic carbocycles. The van der Waals surface area contributed by atoms with E-state index >= 15 is 0 Å². The van der Waals surface area contributed by atoms with E-state index in [-0.39, 0.29) is 18.1 Å². The highest BCUT2D eigenvalue weighted by Gasteiger charge is 2.32. The Kier molecular flexibility index (Phi) is 3.26. The number of carbonyl (C=O) groups is 1. The van der Waals surface area contributed by atoms with Crippen molar-refractivity contribution in [1.29, 1.82) is 0 Å². The highest BCUT2D eigenvalue weighted by molar-refractivity contribution is 5.81. The summed E-state index contributed by atoms with van der Waals surface area (Å²) in [5, 5.41) is 9.71. The van der Waals surface area contributed by atoms with Gasteiger partial charge in [0.15, 0.2) is 0 Å². The molecule has 0 bridgehead atoms. The Balaban J connectivity index is 1.90. The Labute approximate surface area is 90.2 Å². The number of nitrogens with zero attached hydrogens (tertiary/aromatic N) is 1. The van der Waals surface area contributed by atoms with Crippen molar-refractivity contribution in [1.82, 2.24) is 4.90 Å². The molecule has 0 radical (unpaired) electrons. The Morgan fingerprint density at radius 2 is 2.27 bits per heavy atom. The van der Waals surface area contributed by atoms with E-state index in [4.69, 9.17) is 4.74 Å². The van der Waals surface area contributed by atoms with E-state index in [9.17, 15) is 9.90 Å². The maximum absolute atomic E-state index is 11.9. The molecule has 2 saturated heterocycles. The number of aliphatic hydroxyl groups is 1. The topological polar surface area (TPSA) is 49.8 Å². The summed E-state index contributed by atoms with van der Waals surface area (Å²) in [6.45, 7) is 3.96. The van der Waals surface area contributed by atoms with Crippen molar-refractivity contribution in [3.63, 3.8) is 0 Å². The van der Waals surface area contributed by atoms with Crippen LogP contribution in [-0.2, 0) is 9.53 Å². The van der Waals surface area contributed by atoms with E-state index in [2.05, 4.69) is 0 Å². The van der Waals surface area contributed by atoms with Crippen molar-refractivity contribution < 1.29 is 14.6 Å². The number of likely N-dealkylation sites (tertiary alicyclic amines) is 1. The number of hydrogen-bond acceptors (Lipinski definition) is 3. The molecule has 1 N–H and O–H groups in total. The molecule has 3 unspecified atom stereocenters. The molecule has 2 fully saturated rings. The molecule has 4 nitrogen and oxygen atoms in total. The number of amides is 1. The van der Waals surface area contributed by atoms with Crippen LogP contribution >= 0.6 is 0 Å². The van der Waals surface area contributed by atoms with Crippen molar-refractivity contribution in [3.8, 4) is 0 Å². The van der Waals surface area contributed by atoms with Gasteiger partial charge in [0.05, 0.1) is 6.10 Å². The van der Waals surface area contributed by atoms with E-state index in [0.29, 0.717) is 19.1 Å². The highest BCUT2D eigenvalue weighted by atomic mass is 16.5. The van der Waals surface area contributed by atoms with Crippen LogP contribution in [0.15, 0.2) is 0 Å². The lowest BCUT2D eigenvalue weighted by Crippen LogP contribution is -2.49. The lowest BCUT2D eigenvalue weighted by atomic mass is 9.95. The molecule has 0 aromatic heterocycles. The number of β-amino-alcohol motifs (C(OH)–C–C–N with tert-alkyl or cyclic N) is 1. The zero-order valence-electron chi connectivity index (χ0n) is 9.19. The maximum Gasteiger partial charge on any atom is 0.251 e. The van der Waals surface area contributed by atoms with Gasteiger partial charge in [0.25, 0.3) is 5.91 Å². The third kappa shape index (κ3) is 2.32. The predicted molar refractivity (Wildman–Crippen MR) is 55.3 cm³/mol. The lowest BCUT2D eigenvalue weighted by Gasteiger charge is -2.35. The first-order valence-corrected chi connectivity index (χ1v) is 5.77. The number of hydrogen-bond donors (Lipinski definition) is 1. The summed E-state index contributed by atoms with van der Waals surface area (Å²) >= 11 is 0. The summed E-state index contributed by atoms with van der Waals surface area (Å²) in [6.07, 6.45) is 2.08. The van der Waals surface area contributed by atoms with Crippen LogP contribution in [0.2, 0.25) is 0 Å². The second-order valence-corrected chi connectivity index (χ2v) is 4.62. The minimum atomic E-state index is -0.371. The van der Waals surface area contributed by atoms with Gasteiger partial charge in [0, 0.05) is 19.7 Å². The van der Waals surface area contributed by atoms with Crippen molar-refractivity contribution in [2.45, 2.75) is 38.4 Å². The van der Waals surface area contributed by atoms with Gasteiger partial charge >= 0.3 is 0 Å². The van der Waals surface area contributed by atoms with Crippen LogP contribution < -0.4 is 0 Å². The SMILES string of the molecule is CC1CCN(C(=O)C2CCCO2)CC1O. The van der Waals surface area contributed by atoms with E-state index in [1.165, 1.54) is 0 Å². The van der Waals surface area contributed by atoms with E-state index in [1.54, 1.807) is 4.90 Å². The second kappa shape index (κ2) is 4.49. The average Bonchev–Trinajstić information content (AvgIpc) is 2.74. The average molecular weight is 213 g/mol. The molecular weight excluding hydrogens is 194 g/mol. The molecule has 4 heteroatoms. The van der Waals surface area contributed by atoms with Gasteiger partial charge in [-0.1, -0.05) is 6.92 Å². The molecule has 2 aliphatic heterocycles. The largest absolute Gasteiger partial charge is 0.391 e. The highest BCUT2D eigenvalue weighted by Crippen LogP contribution is 2.21. The quantitative estimate of drug-likeness (QED) is 0.685. The predicted octanol–water partition coefficient (Wildman–Crippen LogP) is 0.395. The molecule has 0 saturated carbocycles. The van der Waals surface area contributed by atoms with E-state index < -0.39 is 0 Å². The Morgan fingerprint density at radius 1 is 1.47 bits per heavy atom. The maximum atomic E-state index is 11.9. The van der Waals surface area contributed by atoms with Gasteiger partial charge in [-0.15, -0.1) is 0 Å². The molecule has 15 heavy (non-hydrogen) atoms. The first-order valence-electron chi connectivity index (χ1n) is 5.77. The number of rotatable bonds is 1. The van der Waals surface area contributed by atoms with Gasteiger partial charge in [0.1, 0.15) is 6.10 Å². The molecule has 2 heterocycles. The van der Waals surface area contributed by atoms with Gasteiger partial charge in [0.2, 0.25) is 0 Å². The standard InChI is InChI=1S/C11H19NO3/c1-8-4-5-12(7-9(8)13)11(14)10-3-2-6-15-10/h8-10,13H,2-7H2,1H3. The number of aliphatic hydroxyl groups excluding tert-OH is 1. The van der Waals surface area contributed by atoms with Crippen LogP contribution in [0.1, 0.15) is 26.2 Å². The normalized spacial score (nSPS) is 36.9. The Hall–Kier alpha value is -0.610. The molecule has 0 spiro atoms. The molecule has 0 aromatic rings. The van der Waals surface area contributed by atoms with Gasteiger partial charge in [-0.05, 0) is 25.2 Å². The van der Waals surface area contributed by atoms with Crippen LogP contribution in [0.3, 0.4) is 0 Å². The van der Waals surface area contributed by atoms with Gasteiger partial charge < -0.3 is 14.7 Å². The molecule has 2 aliphatic rings. The summed E-state index contributed by atoms with van der Waals surface area (Å²) in [7, 11) is 0. The Bertz CT molecular complexity index is 238. The fourth-order valence-electron chi connectivity index (χ4n) is 2.23. The van der Waals surface area contributed by atoms with Crippen LogP contribution in [0, 0.1) is 5.92 Å². The molecule has 3 atom stereocenters. The lowest BCUT2D eigenvalue weighted by molar-refractivity contribution is -0.145. The first kappa shape index (κ1) is 10.9. The molecule has 0 aromatic carbocycles. The van der Waals surface area contributed by atoms with Gasteiger partial charge in [-0.3, -0.25) is 4.79 Å². The monoisotopic (exact) mass is 213 g/mol. The number of ether oxygens (including phenoxy) is 1. The summed E-state index contributed by atoms with van der Waals surface area (Å²) in [4.78, 5) is 13.7. The summed E-state index contributed by atoms with van der Waals surface area (Å²) < 4.78 is 5.36. The fraction of sp³-hybridized carbons (Fsp3) is 0.909. The third-order valence-electron chi connectivity index (χ3n) is 3.44. The molecule has 86 valence electrons. The van der Waals surface area contributed by atoms with Crippen LogP contribution in [-0.4, -0.2) is 47.8 Å². The summed E-state index contributed by atoms with van der Waals surface area (Å²) in [6, 6.07) is 0. The van der Waals surface area contributed by atoms with Crippen LogP contribution in [0.25, 0.3) is 0 Å². The minimum absolute atomic E-state index is 0.0680.